The summed E-state index contributed by atoms with van der Waals surface area (Å²) >= 11 is 0. The summed E-state index contributed by atoms with van der Waals surface area (Å²) in [4.78, 5) is 15.5. The van der Waals surface area contributed by atoms with Gasteiger partial charge in [-0.05, 0) is 24.5 Å². The third-order valence-corrected chi connectivity index (χ3v) is 4.30. The zero-order chi connectivity index (χ0) is 15.5. The average molecular weight is 311 g/mol. The maximum absolute atomic E-state index is 5.37. The highest BCUT2D eigenvalue weighted by molar-refractivity contribution is 5.41. The van der Waals surface area contributed by atoms with Crippen LogP contribution in [0.2, 0.25) is 0 Å². The van der Waals surface area contributed by atoms with E-state index in [9.17, 15) is 0 Å². The van der Waals surface area contributed by atoms with Gasteiger partial charge in [0.2, 0.25) is 0 Å². The van der Waals surface area contributed by atoms with Gasteiger partial charge in [-0.1, -0.05) is 6.07 Å². The Balaban J connectivity index is 1.36. The standard InChI is InChI=1S/C17H21N5O/c1-4-17(22-5-7-23-8-6-22)19-11-13(1)10-18-16-9-15(14-2-3-14)20-12-21-16/h1,4,9,11-12,14H,2-3,5-8,10H2,(H,18,20,21). The quantitative estimate of drug-likeness (QED) is 0.913. The number of nitrogens with one attached hydrogen (secondary N) is 1. The van der Waals surface area contributed by atoms with E-state index in [0.717, 1.165) is 55.7 Å². The Kier molecular flexibility index (Phi) is 4.06. The van der Waals surface area contributed by atoms with E-state index in [2.05, 4.69) is 43.4 Å². The lowest BCUT2D eigenvalue weighted by Crippen LogP contribution is -2.36. The maximum atomic E-state index is 5.37. The van der Waals surface area contributed by atoms with Crippen LogP contribution in [0.1, 0.15) is 30.0 Å². The van der Waals surface area contributed by atoms with E-state index in [-0.39, 0.29) is 0 Å². The van der Waals surface area contributed by atoms with Gasteiger partial charge in [-0.3, -0.25) is 0 Å². The average Bonchev–Trinajstić information content (AvgIpc) is 3.47. The molecule has 2 aromatic heterocycles. The van der Waals surface area contributed by atoms with Gasteiger partial charge >= 0.3 is 0 Å². The van der Waals surface area contributed by atoms with Crippen LogP contribution in [0.3, 0.4) is 0 Å². The van der Waals surface area contributed by atoms with E-state index in [0.29, 0.717) is 5.92 Å². The van der Waals surface area contributed by atoms with E-state index in [1.807, 2.05) is 6.20 Å². The number of aromatic nitrogens is 3. The first kappa shape index (κ1) is 14.4. The Morgan fingerprint density at radius 3 is 2.74 bits per heavy atom. The number of pyridine rings is 1. The molecule has 6 heteroatoms. The molecule has 1 saturated heterocycles. The van der Waals surface area contributed by atoms with Crippen LogP contribution in [0, 0.1) is 0 Å². The normalized spacial score (nSPS) is 18.0. The Labute approximate surface area is 135 Å². The highest BCUT2D eigenvalue weighted by Gasteiger charge is 2.25. The molecule has 120 valence electrons. The largest absolute Gasteiger partial charge is 0.378 e. The van der Waals surface area contributed by atoms with E-state index in [4.69, 9.17) is 4.74 Å². The van der Waals surface area contributed by atoms with Crippen molar-refractivity contribution in [1.29, 1.82) is 0 Å². The number of ether oxygens (including phenoxy) is 1. The summed E-state index contributed by atoms with van der Waals surface area (Å²) in [6, 6.07) is 6.26. The molecule has 23 heavy (non-hydrogen) atoms. The SMILES string of the molecule is c1nc(NCc2ccc(N3CCOCC3)nc2)cc(C2CC2)n1. The molecule has 0 aromatic carbocycles. The fraction of sp³-hybridized carbons (Fsp3) is 0.471. The van der Waals surface area contributed by atoms with Crippen LogP contribution in [-0.2, 0) is 11.3 Å². The van der Waals surface area contributed by atoms with Crippen molar-refractivity contribution >= 4 is 11.6 Å². The van der Waals surface area contributed by atoms with E-state index < -0.39 is 0 Å². The van der Waals surface area contributed by atoms with Crippen molar-refractivity contribution < 1.29 is 4.74 Å². The van der Waals surface area contributed by atoms with Gasteiger partial charge in [0, 0.05) is 43.5 Å². The van der Waals surface area contributed by atoms with Crippen molar-refractivity contribution in [2.24, 2.45) is 0 Å². The van der Waals surface area contributed by atoms with Crippen molar-refractivity contribution in [2.45, 2.75) is 25.3 Å². The van der Waals surface area contributed by atoms with Gasteiger partial charge in [-0.2, -0.15) is 0 Å². The number of rotatable bonds is 5. The molecule has 0 radical (unpaired) electrons. The summed E-state index contributed by atoms with van der Waals surface area (Å²) < 4.78 is 5.37. The zero-order valence-electron chi connectivity index (χ0n) is 13.1. The fourth-order valence-electron chi connectivity index (χ4n) is 2.76. The van der Waals surface area contributed by atoms with Gasteiger partial charge in [0.1, 0.15) is 18.0 Å². The summed E-state index contributed by atoms with van der Waals surface area (Å²) in [5, 5.41) is 3.36. The highest BCUT2D eigenvalue weighted by atomic mass is 16.5. The summed E-state index contributed by atoms with van der Waals surface area (Å²) in [7, 11) is 0. The molecule has 2 aromatic rings. The number of nitrogens with zero attached hydrogens (tertiary/aromatic N) is 4. The van der Waals surface area contributed by atoms with Crippen molar-refractivity contribution in [3.05, 3.63) is 42.0 Å². The van der Waals surface area contributed by atoms with Crippen molar-refractivity contribution in [2.75, 3.05) is 36.5 Å². The second-order valence-electron chi connectivity index (χ2n) is 6.08. The Bertz CT molecular complexity index is 650. The van der Waals surface area contributed by atoms with Crippen LogP contribution in [0.15, 0.2) is 30.7 Å². The molecule has 3 heterocycles. The van der Waals surface area contributed by atoms with Gasteiger partial charge in [0.25, 0.3) is 0 Å². The lowest BCUT2D eigenvalue weighted by atomic mass is 10.2. The van der Waals surface area contributed by atoms with Crippen LogP contribution in [0.4, 0.5) is 11.6 Å². The molecule has 1 N–H and O–H groups in total. The molecule has 2 fully saturated rings. The molecule has 6 nitrogen and oxygen atoms in total. The van der Waals surface area contributed by atoms with Crippen molar-refractivity contribution in [3.63, 3.8) is 0 Å². The summed E-state index contributed by atoms with van der Waals surface area (Å²) in [5.74, 6) is 2.56. The second-order valence-corrected chi connectivity index (χ2v) is 6.08. The topological polar surface area (TPSA) is 63.2 Å². The fourth-order valence-corrected chi connectivity index (χ4v) is 2.76. The van der Waals surface area contributed by atoms with Crippen molar-refractivity contribution in [1.82, 2.24) is 15.0 Å². The molecule has 1 aliphatic heterocycles. The predicted octanol–water partition coefficient (Wildman–Crippen LogP) is 2.20. The van der Waals surface area contributed by atoms with Gasteiger partial charge in [-0.25, -0.2) is 15.0 Å². The monoisotopic (exact) mass is 311 g/mol. The molecule has 1 saturated carbocycles. The Morgan fingerprint density at radius 2 is 2.00 bits per heavy atom. The predicted molar refractivity (Wildman–Crippen MR) is 88.6 cm³/mol. The van der Waals surface area contributed by atoms with Gasteiger partial charge in [0.15, 0.2) is 0 Å². The molecular weight excluding hydrogens is 290 g/mol. The van der Waals surface area contributed by atoms with Crippen LogP contribution in [0.25, 0.3) is 0 Å². The Hall–Kier alpha value is -2.21. The third kappa shape index (κ3) is 3.59. The van der Waals surface area contributed by atoms with Crippen LogP contribution in [0.5, 0.6) is 0 Å². The summed E-state index contributed by atoms with van der Waals surface area (Å²) in [6.07, 6.45) is 6.09. The van der Waals surface area contributed by atoms with E-state index in [1.54, 1.807) is 6.33 Å². The highest BCUT2D eigenvalue weighted by Crippen LogP contribution is 2.39. The molecule has 0 bridgehead atoms. The molecule has 4 rings (SSSR count). The van der Waals surface area contributed by atoms with Crippen LogP contribution in [-0.4, -0.2) is 41.3 Å². The first-order valence-corrected chi connectivity index (χ1v) is 8.22. The summed E-state index contributed by atoms with van der Waals surface area (Å²) in [6.45, 7) is 4.10. The molecule has 0 unspecified atom stereocenters. The second kappa shape index (κ2) is 6.50. The zero-order valence-corrected chi connectivity index (χ0v) is 13.1. The number of morpholine rings is 1. The van der Waals surface area contributed by atoms with Crippen LogP contribution < -0.4 is 10.2 Å². The smallest absolute Gasteiger partial charge is 0.129 e. The molecular formula is C17H21N5O. The van der Waals surface area contributed by atoms with E-state index in [1.165, 1.54) is 12.8 Å². The minimum absolute atomic E-state index is 0.646. The lowest BCUT2D eigenvalue weighted by molar-refractivity contribution is 0.122. The minimum atomic E-state index is 0.646. The van der Waals surface area contributed by atoms with Crippen LogP contribution >= 0.6 is 0 Å². The molecule has 0 amide bonds. The lowest BCUT2D eigenvalue weighted by Gasteiger charge is -2.27. The molecule has 0 atom stereocenters. The minimum Gasteiger partial charge on any atom is -0.378 e. The third-order valence-electron chi connectivity index (χ3n) is 4.30. The van der Waals surface area contributed by atoms with Gasteiger partial charge < -0.3 is 15.0 Å². The number of anilines is 2. The maximum Gasteiger partial charge on any atom is 0.129 e. The van der Waals surface area contributed by atoms with Crippen molar-refractivity contribution in [3.8, 4) is 0 Å². The number of hydrogen-bond acceptors (Lipinski definition) is 6. The number of hydrogen-bond donors (Lipinski definition) is 1. The van der Waals surface area contributed by atoms with Gasteiger partial charge in [0.05, 0.1) is 13.2 Å². The summed E-state index contributed by atoms with van der Waals surface area (Å²) in [5.41, 5.74) is 2.30. The molecule has 2 aliphatic rings. The van der Waals surface area contributed by atoms with E-state index >= 15 is 0 Å². The first-order chi connectivity index (χ1) is 11.4. The Morgan fingerprint density at radius 1 is 1.13 bits per heavy atom. The van der Waals surface area contributed by atoms with Gasteiger partial charge in [-0.15, -0.1) is 0 Å². The molecule has 1 aliphatic carbocycles. The first-order valence-electron chi connectivity index (χ1n) is 8.22. The molecule has 0 spiro atoms.